The average Bonchev–Trinajstić information content (AvgIpc) is 2.41. The summed E-state index contributed by atoms with van der Waals surface area (Å²) in [6.45, 7) is 0.313. The molecule has 20 heavy (non-hydrogen) atoms. The smallest absolute Gasteiger partial charge is 0.321 e. The zero-order valence-corrected chi connectivity index (χ0v) is 13.4. The number of esters is 1. The molecule has 4 rings (SSSR count). The van der Waals surface area contributed by atoms with E-state index in [1.54, 1.807) is 0 Å². The Labute approximate surface area is 128 Å². The number of rotatable bonds is 4. The van der Waals surface area contributed by atoms with Gasteiger partial charge < -0.3 is 10.1 Å². The lowest BCUT2D eigenvalue weighted by atomic mass is 9.49. The highest BCUT2D eigenvalue weighted by molar-refractivity contribution is 9.10. The summed E-state index contributed by atoms with van der Waals surface area (Å²) in [7, 11) is 1.36. The van der Waals surface area contributed by atoms with Gasteiger partial charge in [-0.15, -0.1) is 0 Å². The van der Waals surface area contributed by atoms with Crippen LogP contribution in [-0.2, 0) is 14.3 Å². The molecule has 1 unspecified atom stereocenters. The van der Waals surface area contributed by atoms with Crippen LogP contribution in [0.3, 0.4) is 0 Å². The first-order valence-corrected chi connectivity index (χ1v) is 8.44. The quantitative estimate of drug-likeness (QED) is 0.629. The van der Waals surface area contributed by atoms with Crippen molar-refractivity contribution in [3.63, 3.8) is 0 Å². The number of ether oxygens (including phenoxy) is 1. The second kappa shape index (κ2) is 5.32. The third-order valence-corrected chi connectivity index (χ3v) is 6.12. The largest absolute Gasteiger partial charge is 0.468 e. The zero-order chi connectivity index (χ0) is 14.3. The Bertz CT molecular complexity index is 388. The maximum absolute atomic E-state index is 12.6. The second-order valence-electron chi connectivity index (χ2n) is 6.90. The van der Waals surface area contributed by atoms with Gasteiger partial charge in [0, 0.05) is 12.0 Å². The minimum absolute atomic E-state index is 0.141. The number of hydrogen-bond donors (Lipinski definition) is 1. The monoisotopic (exact) mass is 343 g/mol. The molecular formula is C15H22BrNO3. The molecule has 1 N–H and O–H groups in total. The van der Waals surface area contributed by atoms with E-state index in [1.807, 2.05) is 0 Å². The molecule has 4 aliphatic carbocycles. The summed E-state index contributed by atoms with van der Waals surface area (Å²) in [5.41, 5.74) is -0.141. The minimum atomic E-state index is -0.453. The van der Waals surface area contributed by atoms with Crippen LogP contribution in [0.2, 0.25) is 0 Å². The van der Waals surface area contributed by atoms with Gasteiger partial charge in [0.1, 0.15) is 4.83 Å². The van der Waals surface area contributed by atoms with Gasteiger partial charge in [-0.05, 0) is 56.3 Å². The predicted molar refractivity (Wildman–Crippen MR) is 78.3 cm³/mol. The summed E-state index contributed by atoms with van der Waals surface area (Å²) in [4.78, 5) is 23.5. The first-order chi connectivity index (χ1) is 9.52. The van der Waals surface area contributed by atoms with Gasteiger partial charge in [0.15, 0.2) is 0 Å². The van der Waals surface area contributed by atoms with E-state index in [1.165, 1.54) is 26.4 Å². The average molecular weight is 344 g/mol. The molecule has 0 radical (unpaired) electrons. The van der Waals surface area contributed by atoms with Crippen molar-refractivity contribution >= 4 is 27.8 Å². The van der Waals surface area contributed by atoms with Crippen LogP contribution in [0.15, 0.2) is 0 Å². The Kier molecular flexibility index (Phi) is 3.82. The highest BCUT2D eigenvalue weighted by Crippen LogP contribution is 2.60. The van der Waals surface area contributed by atoms with E-state index >= 15 is 0 Å². The van der Waals surface area contributed by atoms with Crippen molar-refractivity contribution in [3.05, 3.63) is 0 Å². The van der Waals surface area contributed by atoms with Crippen LogP contribution >= 0.6 is 15.9 Å². The molecule has 0 aliphatic heterocycles. The topological polar surface area (TPSA) is 55.4 Å². The summed E-state index contributed by atoms with van der Waals surface area (Å²) in [5, 5.41) is 2.97. The number of methoxy groups -OCH3 is 1. The summed E-state index contributed by atoms with van der Waals surface area (Å²) < 4.78 is 4.66. The van der Waals surface area contributed by atoms with E-state index in [-0.39, 0.29) is 17.3 Å². The second-order valence-corrected chi connectivity index (χ2v) is 8.00. The van der Waals surface area contributed by atoms with Crippen LogP contribution in [-0.4, -0.2) is 30.4 Å². The Hall–Kier alpha value is -0.580. The maximum Gasteiger partial charge on any atom is 0.321 e. The van der Waals surface area contributed by atoms with Crippen LogP contribution in [0.25, 0.3) is 0 Å². The number of carbonyl (C=O) groups excluding carboxylic acids is 2. The van der Waals surface area contributed by atoms with Gasteiger partial charge in [-0.2, -0.15) is 0 Å². The molecule has 112 valence electrons. The minimum Gasteiger partial charge on any atom is -0.468 e. The molecule has 4 aliphatic rings. The third-order valence-electron chi connectivity index (χ3n) is 5.42. The lowest BCUT2D eigenvalue weighted by Gasteiger charge is -2.55. The van der Waals surface area contributed by atoms with E-state index in [0.717, 1.165) is 37.0 Å². The van der Waals surface area contributed by atoms with E-state index < -0.39 is 4.83 Å². The molecule has 0 saturated heterocycles. The predicted octanol–water partition coefficient (Wildman–Crippen LogP) is 2.26. The summed E-state index contributed by atoms with van der Waals surface area (Å²) >= 11 is 3.25. The first-order valence-electron chi connectivity index (χ1n) is 7.52. The van der Waals surface area contributed by atoms with Gasteiger partial charge >= 0.3 is 5.97 Å². The zero-order valence-electron chi connectivity index (χ0n) is 11.9. The highest BCUT2D eigenvalue weighted by Gasteiger charge is 2.54. The van der Waals surface area contributed by atoms with Crippen molar-refractivity contribution in [2.45, 2.75) is 43.4 Å². The molecular weight excluding hydrogens is 322 g/mol. The number of carbonyl (C=O) groups is 2. The third kappa shape index (κ3) is 2.49. The normalized spacial score (nSPS) is 39.4. The van der Waals surface area contributed by atoms with Crippen LogP contribution in [0, 0.1) is 23.2 Å². The molecule has 1 amide bonds. The van der Waals surface area contributed by atoms with Gasteiger partial charge in [0.25, 0.3) is 0 Å². The number of alkyl halides is 1. The van der Waals surface area contributed by atoms with Gasteiger partial charge in [-0.1, -0.05) is 15.9 Å². The summed E-state index contributed by atoms with van der Waals surface area (Å²) in [5.74, 6) is 2.09. The maximum atomic E-state index is 12.6. The van der Waals surface area contributed by atoms with Crippen LogP contribution in [0.4, 0.5) is 0 Å². The lowest BCUT2D eigenvalue weighted by molar-refractivity contribution is -0.146. The molecule has 0 spiro atoms. The number of nitrogens with one attached hydrogen (secondary N) is 1. The lowest BCUT2D eigenvalue weighted by Crippen LogP contribution is -2.54. The molecule has 0 aromatic heterocycles. The Morgan fingerprint density at radius 2 is 1.70 bits per heavy atom. The van der Waals surface area contributed by atoms with Gasteiger partial charge in [0.2, 0.25) is 5.91 Å². The van der Waals surface area contributed by atoms with Crippen molar-refractivity contribution in [1.29, 1.82) is 0 Å². The Morgan fingerprint density at radius 1 is 1.20 bits per heavy atom. The fourth-order valence-electron chi connectivity index (χ4n) is 4.97. The van der Waals surface area contributed by atoms with Crippen LogP contribution in [0.5, 0.6) is 0 Å². The van der Waals surface area contributed by atoms with Crippen molar-refractivity contribution in [2.24, 2.45) is 23.2 Å². The number of halogens is 1. The molecule has 4 fully saturated rings. The molecule has 4 bridgehead atoms. The standard InChI is InChI=1S/C15H22BrNO3/c1-20-13(18)12(16)8-17-14(19)15-5-9-2-10(6-15)4-11(3-9)7-15/h9-12H,2-8H2,1H3,(H,17,19). The van der Waals surface area contributed by atoms with Crippen molar-refractivity contribution in [3.8, 4) is 0 Å². The number of amides is 1. The molecule has 4 saturated carbocycles. The van der Waals surface area contributed by atoms with E-state index in [9.17, 15) is 9.59 Å². The SMILES string of the molecule is COC(=O)C(Br)CNC(=O)C12CC3CC(CC(C3)C1)C2. The molecule has 1 atom stereocenters. The molecule has 4 nitrogen and oxygen atoms in total. The number of hydrogen-bond acceptors (Lipinski definition) is 3. The van der Waals surface area contributed by atoms with Gasteiger partial charge in [0.05, 0.1) is 7.11 Å². The first kappa shape index (κ1) is 14.4. The Morgan fingerprint density at radius 3 is 2.15 bits per heavy atom. The summed E-state index contributed by atoms with van der Waals surface area (Å²) in [6, 6.07) is 0. The van der Waals surface area contributed by atoms with Crippen molar-refractivity contribution in [1.82, 2.24) is 5.32 Å². The molecule has 5 heteroatoms. The van der Waals surface area contributed by atoms with Crippen LogP contribution in [0.1, 0.15) is 38.5 Å². The van der Waals surface area contributed by atoms with Crippen molar-refractivity contribution < 1.29 is 14.3 Å². The highest BCUT2D eigenvalue weighted by atomic mass is 79.9. The molecule has 0 heterocycles. The molecule has 0 aromatic carbocycles. The van der Waals surface area contributed by atoms with Gasteiger partial charge in [-0.3, -0.25) is 9.59 Å². The molecule has 0 aromatic rings. The van der Waals surface area contributed by atoms with Crippen molar-refractivity contribution in [2.75, 3.05) is 13.7 Å². The Balaban J connectivity index is 1.61. The fourth-order valence-corrected chi connectivity index (χ4v) is 5.32. The summed E-state index contributed by atoms with van der Waals surface area (Å²) in [6.07, 6.45) is 7.14. The fraction of sp³-hybridized carbons (Fsp3) is 0.867. The van der Waals surface area contributed by atoms with E-state index in [2.05, 4.69) is 26.0 Å². The van der Waals surface area contributed by atoms with Crippen LogP contribution < -0.4 is 5.32 Å². The van der Waals surface area contributed by atoms with E-state index in [0.29, 0.717) is 6.54 Å². The van der Waals surface area contributed by atoms with Gasteiger partial charge in [-0.25, -0.2) is 0 Å². The van der Waals surface area contributed by atoms with E-state index in [4.69, 9.17) is 0 Å².